The first-order valence-corrected chi connectivity index (χ1v) is 10.0. The number of ether oxygens (including phenoxy) is 1. The standard InChI is InChI=1S/C26H24N2O4/c1-17-11-13-19(14-12-17)25(30)28-23(16-21-7-4-5-10-24(21)32-3)26(31)27-22-9-6-8-20(15-22)18(2)29/h4-16H,1-3H3,(H,27,31)(H,28,30). The molecule has 0 spiro atoms. The van der Waals surface area contributed by atoms with Crippen molar-refractivity contribution < 1.29 is 19.1 Å². The van der Waals surface area contributed by atoms with Gasteiger partial charge in [-0.15, -0.1) is 0 Å². The zero-order valence-corrected chi connectivity index (χ0v) is 18.1. The van der Waals surface area contributed by atoms with Crippen LogP contribution < -0.4 is 15.4 Å². The van der Waals surface area contributed by atoms with E-state index in [1.165, 1.54) is 14.0 Å². The molecule has 0 aromatic heterocycles. The van der Waals surface area contributed by atoms with E-state index in [2.05, 4.69) is 10.6 Å². The molecule has 0 aliphatic rings. The maximum absolute atomic E-state index is 13.1. The van der Waals surface area contributed by atoms with Gasteiger partial charge in [0.05, 0.1) is 7.11 Å². The highest BCUT2D eigenvalue weighted by atomic mass is 16.5. The first-order valence-electron chi connectivity index (χ1n) is 10.0. The normalized spacial score (nSPS) is 10.9. The van der Waals surface area contributed by atoms with E-state index in [0.717, 1.165) is 5.56 Å². The van der Waals surface area contributed by atoms with E-state index in [4.69, 9.17) is 4.74 Å². The van der Waals surface area contributed by atoms with Gasteiger partial charge in [-0.25, -0.2) is 0 Å². The number of Topliss-reactive ketones (excluding diaryl/α,β-unsaturated/α-hetero) is 1. The van der Waals surface area contributed by atoms with E-state index in [0.29, 0.717) is 28.1 Å². The molecule has 6 heteroatoms. The molecule has 0 saturated heterocycles. The van der Waals surface area contributed by atoms with E-state index in [1.54, 1.807) is 54.6 Å². The zero-order valence-electron chi connectivity index (χ0n) is 18.1. The summed E-state index contributed by atoms with van der Waals surface area (Å²) in [4.78, 5) is 37.6. The first-order chi connectivity index (χ1) is 15.4. The minimum atomic E-state index is -0.530. The first kappa shape index (κ1) is 22.5. The third-order valence-corrected chi connectivity index (χ3v) is 4.77. The number of methoxy groups -OCH3 is 1. The van der Waals surface area contributed by atoms with Crippen molar-refractivity contribution in [1.29, 1.82) is 0 Å². The molecule has 162 valence electrons. The highest BCUT2D eigenvalue weighted by Crippen LogP contribution is 2.21. The summed E-state index contributed by atoms with van der Waals surface area (Å²) in [6.07, 6.45) is 1.55. The summed E-state index contributed by atoms with van der Waals surface area (Å²) >= 11 is 0. The predicted octanol–water partition coefficient (Wildman–Crippen LogP) is 4.62. The lowest BCUT2D eigenvalue weighted by atomic mass is 10.1. The lowest BCUT2D eigenvalue weighted by Crippen LogP contribution is -2.30. The average Bonchev–Trinajstić information content (AvgIpc) is 2.79. The molecule has 2 amide bonds. The molecule has 0 atom stereocenters. The fourth-order valence-corrected chi connectivity index (χ4v) is 3.01. The number of para-hydroxylation sites is 1. The van der Waals surface area contributed by atoms with Crippen LogP contribution in [0.15, 0.2) is 78.5 Å². The third kappa shape index (κ3) is 5.70. The quantitative estimate of drug-likeness (QED) is 0.425. The molecule has 0 radical (unpaired) electrons. The van der Waals surface area contributed by atoms with Crippen LogP contribution in [-0.2, 0) is 4.79 Å². The fraction of sp³-hybridized carbons (Fsp3) is 0.115. The van der Waals surface area contributed by atoms with Crippen molar-refractivity contribution >= 4 is 29.4 Å². The molecule has 32 heavy (non-hydrogen) atoms. The molecule has 3 aromatic rings. The number of carbonyl (C=O) groups excluding carboxylic acids is 3. The van der Waals surface area contributed by atoms with Gasteiger partial charge < -0.3 is 15.4 Å². The van der Waals surface area contributed by atoms with E-state index >= 15 is 0 Å². The SMILES string of the molecule is COc1ccccc1C=C(NC(=O)c1ccc(C)cc1)C(=O)Nc1cccc(C(C)=O)c1. The van der Waals surface area contributed by atoms with Crippen molar-refractivity contribution in [2.75, 3.05) is 12.4 Å². The highest BCUT2D eigenvalue weighted by molar-refractivity contribution is 6.11. The summed E-state index contributed by atoms with van der Waals surface area (Å²) in [5.74, 6) is -0.504. The Labute approximate surface area is 186 Å². The van der Waals surface area contributed by atoms with Crippen molar-refractivity contribution in [3.05, 3.63) is 101 Å². The smallest absolute Gasteiger partial charge is 0.272 e. The Morgan fingerprint density at radius 1 is 0.875 bits per heavy atom. The second-order valence-corrected chi connectivity index (χ2v) is 7.21. The van der Waals surface area contributed by atoms with Gasteiger partial charge in [0.15, 0.2) is 5.78 Å². The van der Waals surface area contributed by atoms with Gasteiger partial charge in [0.1, 0.15) is 11.4 Å². The van der Waals surface area contributed by atoms with Gasteiger partial charge in [-0.3, -0.25) is 14.4 Å². The number of hydrogen-bond acceptors (Lipinski definition) is 4. The van der Waals surface area contributed by atoms with Gasteiger partial charge >= 0.3 is 0 Å². The number of rotatable bonds is 7. The summed E-state index contributed by atoms with van der Waals surface area (Å²) in [6, 6.07) is 20.8. The van der Waals surface area contributed by atoms with Gasteiger partial charge in [0.2, 0.25) is 0 Å². The topological polar surface area (TPSA) is 84.5 Å². The maximum atomic E-state index is 13.1. The van der Waals surface area contributed by atoms with E-state index in [9.17, 15) is 14.4 Å². The van der Waals surface area contributed by atoms with Gasteiger partial charge in [0, 0.05) is 22.4 Å². The van der Waals surface area contributed by atoms with Crippen LogP contribution in [0.3, 0.4) is 0 Å². The monoisotopic (exact) mass is 428 g/mol. The van der Waals surface area contributed by atoms with Crippen LogP contribution in [0.1, 0.15) is 38.8 Å². The van der Waals surface area contributed by atoms with Gasteiger partial charge in [-0.1, -0.05) is 48.0 Å². The minimum Gasteiger partial charge on any atom is -0.496 e. The van der Waals surface area contributed by atoms with Crippen LogP contribution in [0.25, 0.3) is 6.08 Å². The number of ketones is 1. The molecule has 0 unspecified atom stereocenters. The van der Waals surface area contributed by atoms with Crippen LogP contribution in [0.2, 0.25) is 0 Å². The van der Waals surface area contributed by atoms with Crippen molar-refractivity contribution in [1.82, 2.24) is 5.32 Å². The van der Waals surface area contributed by atoms with Crippen LogP contribution >= 0.6 is 0 Å². The number of amides is 2. The Hall–Kier alpha value is -4.19. The molecule has 3 aromatic carbocycles. The van der Waals surface area contributed by atoms with Gasteiger partial charge in [-0.05, 0) is 50.3 Å². The largest absolute Gasteiger partial charge is 0.496 e. The molecule has 0 heterocycles. The summed E-state index contributed by atoms with van der Waals surface area (Å²) in [7, 11) is 1.53. The molecule has 6 nitrogen and oxygen atoms in total. The summed E-state index contributed by atoms with van der Waals surface area (Å²) in [5.41, 5.74) is 3.03. The predicted molar refractivity (Wildman–Crippen MR) is 125 cm³/mol. The Kier molecular flexibility index (Phi) is 7.18. The summed E-state index contributed by atoms with van der Waals surface area (Å²) in [6.45, 7) is 3.38. The number of carbonyl (C=O) groups is 3. The summed E-state index contributed by atoms with van der Waals surface area (Å²) < 4.78 is 5.36. The Bertz CT molecular complexity index is 1180. The van der Waals surface area contributed by atoms with E-state index in [-0.39, 0.29) is 11.5 Å². The molecule has 3 rings (SSSR count). The maximum Gasteiger partial charge on any atom is 0.272 e. The molecular weight excluding hydrogens is 404 g/mol. The van der Waals surface area contributed by atoms with Crippen molar-refractivity contribution in [3.63, 3.8) is 0 Å². The second kappa shape index (κ2) is 10.2. The molecule has 0 aliphatic heterocycles. The van der Waals surface area contributed by atoms with E-state index < -0.39 is 11.8 Å². The molecule has 0 fully saturated rings. The van der Waals surface area contributed by atoms with Crippen LogP contribution in [-0.4, -0.2) is 24.7 Å². The number of anilines is 1. The highest BCUT2D eigenvalue weighted by Gasteiger charge is 2.16. The minimum absolute atomic E-state index is 0.0355. The van der Waals surface area contributed by atoms with E-state index in [1.807, 2.05) is 31.2 Å². The number of benzene rings is 3. The fourth-order valence-electron chi connectivity index (χ4n) is 3.01. The van der Waals surface area contributed by atoms with Crippen LogP contribution in [0, 0.1) is 6.92 Å². The lowest BCUT2D eigenvalue weighted by molar-refractivity contribution is -0.113. The molecular formula is C26H24N2O4. The van der Waals surface area contributed by atoms with Gasteiger partial charge in [-0.2, -0.15) is 0 Å². The molecule has 0 aliphatic carbocycles. The number of hydrogen-bond donors (Lipinski definition) is 2. The lowest BCUT2D eigenvalue weighted by Gasteiger charge is -2.13. The Morgan fingerprint density at radius 2 is 1.59 bits per heavy atom. The Morgan fingerprint density at radius 3 is 2.28 bits per heavy atom. The number of nitrogens with one attached hydrogen (secondary N) is 2. The van der Waals surface area contributed by atoms with Crippen molar-refractivity contribution in [3.8, 4) is 5.75 Å². The van der Waals surface area contributed by atoms with Crippen molar-refractivity contribution in [2.24, 2.45) is 0 Å². The summed E-state index contributed by atoms with van der Waals surface area (Å²) in [5, 5.41) is 5.44. The molecule has 2 N–H and O–H groups in total. The van der Waals surface area contributed by atoms with Gasteiger partial charge in [0.25, 0.3) is 11.8 Å². The average molecular weight is 428 g/mol. The number of aryl methyl sites for hydroxylation is 1. The molecule has 0 bridgehead atoms. The molecule has 0 saturated carbocycles. The Balaban J connectivity index is 1.94. The van der Waals surface area contributed by atoms with Crippen LogP contribution in [0.4, 0.5) is 5.69 Å². The second-order valence-electron chi connectivity index (χ2n) is 7.21. The van der Waals surface area contributed by atoms with Crippen LogP contribution in [0.5, 0.6) is 5.75 Å². The third-order valence-electron chi connectivity index (χ3n) is 4.77. The zero-order chi connectivity index (χ0) is 23.1. The van der Waals surface area contributed by atoms with Crippen molar-refractivity contribution in [2.45, 2.75) is 13.8 Å².